The summed E-state index contributed by atoms with van der Waals surface area (Å²) in [6, 6.07) is 15.5. The Hall–Kier alpha value is -2.26. The van der Waals surface area contributed by atoms with Crippen LogP contribution in [0.5, 0.6) is 0 Å². The Kier molecular flexibility index (Phi) is 4.16. The van der Waals surface area contributed by atoms with E-state index in [-0.39, 0.29) is 11.9 Å². The fraction of sp³-hybridized carbons (Fsp3) is 0.167. The lowest BCUT2D eigenvalue weighted by Gasteiger charge is -2.14. The number of benzene rings is 2. The fourth-order valence-corrected chi connectivity index (χ4v) is 2.70. The predicted molar refractivity (Wildman–Crippen MR) is 90.0 cm³/mol. The number of aromatic amines is 1. The highest BCUT2D eigenvalue weighted by Crippen LogP contribution is 2.19. The van der Waals surface area contributed by atoms with E-state index in [4.69, 9.17) is 11.6 Å². The minimum atomic E-state index is -0.0463. The Balaban J connectivity index is 1.68. The zero-order valence-corrected chi connectivity index (χ0v) is 13.0. The molecule has 0 fully saturated rings. The van der Waals surface area contributed by atoms with Crippen molar-refractivity contribution in [2.75, 3.05) is 0 Å². The quantitative estimate of drug-likeness (QED) is 0.743. The molecule has 0 spiro atoms. The van der Waals surface area contributed by atoms with Gasteiger partial charge in [-0.3, -0.25) is 4.79 Å². The highest BCUT2D eigenvalue weighted by molar-refractivity contribution is 6.30. The van der Waals surface area contributed by atoms with Gasteiger partial charge in [-0.25, -0.2) is 0 Å². The molecule has 3 nitrogen and oxygen atoms in total. The van der Waals surface area contributed by atoms with Crippen LogP contribution in [0.2, 0.25) is 5.02 Å². The minimum absolute atomic E-state index is 0.00667. The minimum Gasteiger partial charge on any atom is -0.361 e. The summed E-state index contributed by atoms with van der Waals surface area (Å²) in [5.74, 6) is 0.00667. The van der Waals surface area contributed by atoms with Crippen molar-refractivity contribution in [1.82, 2.24) is 10.3 Å². The number of amides is 1. The number of fused-ring (bicyclic) bond motifs is 1. The van der Waals surface area contributed by atoms with Crippen LogP contribution in [-0.4, -0.2) is 10.9 Å². The molecule has 1 aromatic heterocycles. The molecule has 0 saturated heterocycles. The zero-order valence-electron chi connectivity index (χ0n) is 12.3. The fourth-order valence-electron chi connectivity index (χ4n) is 2.58. The standard InChI is InChI=1S/C18H17ClN2O/c1-12(13-6-8-15(19)9-7-13)21-18(22)10-14-11-20-17-5-3-2-4-16(14)17/h2-9,11-12,20H,10H2,1H3,(H,21,22). The van der Waals surface area contributed by atoms with E-state index in [1.807, 2.05) is 61.7 Å². The van der Waals surface area contributed by atoms with E-state index in [9.17, 15) is 4.79 Å². The molecule has 0 bridgehead atoms. The topological polar surface area (TPSA) is 44.9 Å². The molecule has 2 N–H and O–H groups in total. The molecule has 2 aromatic carbocycles. The summed E-state index contributed by atoms with van der Waals surface area (Å²) in [4.78, 5) is 15.4. The average Bonchev–Trinajstić information content (AvgIpc) is 2.91. The summed E-state index contributed by atoms with van der Waals surface area (Å²) < 4.78 is 0. The highest BCUT2D eigenvalue weighted by atomic mass is 35.5. The SMILES string of the molecule is CC(NC(=O)Cc1c[nH]c2ccccc12)c1ccc(Cl)cc1. The van der Waals surface area contributed by atoms with Crippen LogP contribution >= 0.6 is 11.6 Å². The van der Waals surface area contributed by atoms with Crippen molar-refractivity contribution >= 4 is 28.4 Å². The van der Waals surface area contributed by atoms with E-state index in [0.29, 0.717) is 11.4 Å². The summed E-state index contributed by atoms with van der Waals surface area (Å²) >= 11 is 5.88. The van der Waals surface area contributed by atoms with Gasteiger partial charge in [0.15, 0.2) is 0 Å². The van der Waals surface area contributed by atoms with E-state index < -0.39 is 0 Å². The lowest BCUT2D eigenvalue weighted by molar-refractivity contribution is -0.121. The Morgan fingerprint density at radius 1 is 1.18 bits per heavy atom. The molecule has 0 aliphatic carbocycles. The molecule has 1 heterocycles. The van der Waals surface area contributed by atoms with Gasteiger partial charge in [0.25, 0.3) is 0 Å². The Labute approximate surface area is 134 Å². The van der Waals surface area contributed by atoms with E-state index in [1.165, 1.54) is 0 Å². The monoisotopic (exact) mass is 312 g/mol. The first kappa shape index (κ1) is 14.7. The summed E-state index contributed by atoms with van der Waals surface area (Å²) in [5.41, 5.74) is 3.10. The molecule has 0 radical (unpaired) electrons. The van der Waals surface area contributed by atoms with Crippen molar-refractivity contribution in [2.24, 2.45) is 0 Å². The number of para-hydroxylation sites is 1. The number of carbonyl (C=O) groups excluding carboxylic acids is 1. The Morgan fingerprint density at radius 2 is 1.91 bits per heavy atom. The van der Waals surface area contributed by atoms with Gasteiger partial charge in [0, 0.05) is 22.1 Å². The van der Waals surface area contributed by atoms with Crippen molar-refractivity contribution in [1.29, 1.82) is 0 Å². The number of rotatable bonds is 4. The van der Waals surface area contributed by atoms with Crippen LogP contribution in [0.3, 0.4) is 0 Å². The lowest BCUT2D eigenvalue weighted by atomic mass is 10.1. The molecule has 3 rings (SSSR count). The smallest absolute Gasteiger partial charge is 0.224 e. The molecule has 0 saturated carbocycles. The summed E-state index contributed by atoms with van der Waals surface area (Å²) in [5, 5.41) is 4.81. The Morgan fingerprint density at radius 3 is 2.68 bits per heavy atom. The van der Waals surface area contributed by atoms with E-state index in [1.54, 1.807) is 0 Å². The first-order chi connectivity index (χ1) is 10.6. The first-order valence-corrected chi connectivity index (χ1v) is 7.61. The van der Waals surface area contributed by atoms with E-state index in [2.05, 4.69) is 10.3 Å². The predicted octanol–water partition coefficient (Wildman–Crippen LogP) is 4.24. The van der Waals surface area contributed by atoms with Gasteiger partial charge in [-0.15, -0.1) is 0 Å². The molecular weight excluding hydrogens is 296 g/mol. The third-order valence-corrected chi connectivity index (χ3v) is 4.03. The van der Waals surface area contributed by atoms with Crippen LogP contribution in [0.25, 0.3) is 10.9 Å². The largest absolute Gasteiger partial charge is 0.361 e. The van der Waals surface area contributed by atoms with Gasteiger partial charge in [0.2, 0.25) is 5.91 Å². The third kappa shape index (κ3) is 3.15. The molecular formula is C18H17ClN2O. The van der Waals surface area contributed by atoms with Crippen LogP contribution < -0.4 is 5.32 Å². The number of hydrogen-bond acceptors (Lipinski definition) is 1. The zero-order chi connectivity index (χ0) is 15.5. The molecule has 0 aliphatic rings. The van der Waals surface area contributed by atoms with Crippen molar-refractivity contribution in [2.45, 2.75) is 19.4 Å². The lowest BCUT2D eigenvalue weighted by Crippen LogP contribution is -2.28. The molecule has 3 aromatic rings. The maximum absolute atomic E-state index is 12.3. The maximum Gasteiger partial charge on any atom is 0.224 e. The third-order valence-electron chi connectivity index (χ3n) is 3.77. The number of hydrogen-bond donors (Lipinski definition) is 2. The van der Waals surface area contributed by atoms with Crippen molar-refractivity contribution in [3.05, 3.63) is 70.9 Å². The molecule has 0 aliphatic heterocycles. The second kappa shape index (κ2) is 6.24. The number of nitrogens with one attached hydrogen (secondary N) is 2. The maximum atomic E-state index is 12.3. The molecule has 112 valence electrons. The van der Waals surface area contributed by atoms with E-state index in [0.717, 1.165) is 22.0 Å². The summed E-state index contributed by atoms with van der Waals surface area (Å²) in [7, 11) is 0. The number of halogens is 1. The number of H-pyrrole nitrogens is 1. The molecule has 1 atom stereocenters. The van der Waals surface area contributed by atoms with Gasteiger partial charge < -0.3 is 10.3 Å². The van der Waals surface area contributed by atoms with Gasteiger partial charge in [-0.05, 0) is 36.2 Å². The average molecular weight is 313 g/mol. The summed E-state index contributed by atoms with van der Waals surface area (Å²) in [6.45, 7) is 1.97. The van der Waals surface area contributed by atoms with E-state index >= 15 is 0 Å². The van der Waals surface area contributed by atoms with Crippen LogP contribution in [0.4, 0.5) is 0 Å². The van der Waals surface area contributed by atoms with Gasteiger partial charge in [-0.2, -0.15) is 0 Å². The number of aromatic nitrogens is 1. The van der Waals surface area contributed by atoms with Crippen LogP contribution in [0.15, 0.2) is 54.7 Å². The molecule has 1 unspecified atom stereocenters. The second-order valence-corrected chi connectivity index (χ2v) is 5.81. The van der Waals surface area contributed by atoms with Gasteiger partial charge >= 0.3 is 0 Å². The van der Waals surface area contributed by atoms with Gasteiger partial charge in [-0.1, -0.05) is 41.9 Å². The normalized spacial score (nSPS) is 12.3. The first-order valence-electron chi connectivity index (χ1n) is 7.23. The van der Waals surface area contributed by atoms with Crippen LogP contribution in [-0.2, 0) is 11.2 Å². The highest BCUT2D eigenvalue weighted by Gasteiger charge is 2.12. The van der Waals surface area contributed by atoms with Gasteiger partial charge in [0.05, 0.1) is 12.5 Å². The van der Waals surface area contributed by atoms with Crippen molar-refractivity contribution in [3.8, 4) is 0 Å². The molecule has 4 heteroatoms. The van der Waals surface area contributed by atoms with Crippen molar-refractivity contribution < 1.29 is 4.79 Å². The van der Waals surface area contributed by atoms with Crippen molar-refractivity contribution in [3.63, 3.8) is 0 Å². The van der Waals surface area contributed by atoms with Gasteiger partial charge in [0.1, 0.15) is 0 Å². The second-order valence-electron chi connectivity index (χ2n) is 5.38. The molecule has 1 amide bonds. The Bertz CT molecular complexity index is 792. The summed E-state index contributed by atoms with van der Waals surface area (Å²) in [6.07, 6.45) is 2.26. The van der Waals surface area contributed by atoms with Crippen LogP contribution in [0, 0.1) is 0 Å². The number of carbonyl (C=O) groups is 1. The van der Waals surface area contributed by atoms with Crippen LogP contribution in [0.1, 0.15) is 24.1 Å². The molecule has 22 heavy (non-hydrogen) atoms.